The van der Waals surface area contributed by atoms with Crippen molar-refractivity contribution in [3.8, 4) is 0 Å². The summed E-state index contributed by atoms with van der Waals surface area (Å²) in [5.74, 6) is -0.320. The number of anilines is 1. The van der Waals surface area contributed by atoms with Crippen LogP contribution in [0.25, 0.3) is 0 Å². The molecule has 1 atom stereocenters. The lowest BCUT2D eigenvalue weighted by molar-refractivity contribution is -0.136. The van der Waals surface area contributed by atoms with Gasteiger partial charge in [-0.1, -0.05) is 26.3 Å². The zero-order chi connectivity index (χ0) is 14.6. The van der Waals surface area contributed by atoms with E-state index in [1.165, 1.54) is 12.1 Å². The Balaban J connectivity index is 2.93. The van der Waals surface area contributed by atoms with Gasteiger partial charge in [0.05, 0.1) is 16.8 Å². The fraction of sp³-hybridized carbons (Fsp3) is 0.462. The minimum atomic E-state index is -4.56. The van der Waals surface area contributed by atoms with Gasteiger partial charge >= 0.3 is 6.18 Å². The molecule has 0 spiro atoms. The fourth-order valence-corrected chi connectivity index (χ4v) is 1.52. The van der Waals surface area contributed by atoms with Crippen molar-refractivity contribution in [3.05, 3.63) is 29.3 Å². The van der Waals surface area contributed by atoms with E-state index in [1.807, 2.05) is 13.8 Å². The second-order valence-electron chi connectivity index (χ2n) is 4.49. The molecule has 0 bridgehead atoms. The molecule has 0 heterocycles. The summed E-state index contributed by atoms with van der Waals surface area (Å²) in [5, 5.41) is 2.58. The smallest absolute Gasteiger partial charge is 0.398 e. The molecule has 106 valence electrons. The Morgan fingerprint density at radius 3 is 2.58 bits per heavy atom. The highest BCUT2D eigenvalue weighted by molar-refractivity contribution is 5.99. The predicted molar refractivity (Wildman–Crippen MR) is 67.6 cm³/mol. The van der Waals surface area contributed by atoms with Gasteiger partial charge < -0.3 is 11.1 Å². The second kappa shape index (κ2) is 5.95. The first kappa shape index (κ1) is 15.3. The number of alkyl halides is 3. The highest BCUT2D eigenvalue weighted by atomic mass is 19.4. The van der Waals surface area contributed by atoms with Crippen LogP contribution in [-0.2, 0) is 6.18 Å². The van der Waals surface area contributed by atoms with Crippen molar-refractivity contribution in [2.24, 2.45) is 5.92 Å². The lowest BCUT2D eigenvalue weighted by atomic mass is 10.1. The maximum Gasteiger partial charge on any atom is 0.418 e. The first-order chi connectivity index (χ1) is 8.77. The van der Waals surface area contributed by atoms with Crippen molar-refractivity contribution in [1.29, 1.82) is 0 Å². The standard InChI is InChI=1S/C13H17F3N2O/c1-3-8(2)7-18-12(19)9-5-4-6-10(11(9)17)13(14,15)16/h4-6,8H,3,7,17H2,1-2H3,(H,18,19). The molecule has 1 aromatic carbocycles. The minimum absolute atomic E-state index is 0.141. The van der Waals surface area contributed by atoms with Gasteiger partial charge in [0.2, 0.25) is 0 Å². The van der Waals surface area contributed by atoms with Crippen LogP contribution in [0.3, 0.4) is 0 Å². The van der Waals surface area contributed by atoms with Gasteiger partial charge in [-0.05, 0) is 18.1 Å². The molecule has 0 aliphatic rings. The largest absolute Gasteiger partial charge is 0.418 e. The number of nitrogens with one attached hydrogen (secondary N) is 1. The van der Waals surface area contributed by atoms with Crippen LogP contribution in [-0.4, -0.2) is 12.5 Å². The quantitative estimate of drug-likeness (QED) is 0.829. The van der Waals surface area contributed by atoms with E-state index in [4.69, 9.17) is 5.73 Å². The average Bonchev–Trinajstić information content (AvgIpc) is 2.34. The molecule has 1 aromatic rings. The summed E-state index contributed by atoms with van der Waals surface area (Å²) >= 11 is 0. The van der Waals surface area contributed by atoms with Crippen molar-refractivity contribution in [3.63, 3.8) is 0 Å². The number of nitrogens with two attached hydrogens (primary N) is 1. The number of hydrogen-bond donors (Lipinski definition) is 2. The van der Waals surface area contributed by atoms with Crippen molar-refractivity contribution < 1.29 is 18.0 Å². The van der Waals surface area contributed by atoms with Gasteiger partial charge in [0.15, 0.2) is 0 Å². The zero-order valence-corrected chi connectivity index (χ0v) is 10.8. The number of nitrogen functional groups attached to an aromatic ring is 1. The molecule has 0 radical (unpaired) electrons. The molecule has 1 amide bonds. The molecule has 0 aliphatic heterocycles. The van der Waals surface area contributed by atoms with Crippen molar-refractivity contribution >= 4 is 11.6 Å². The van der Waals surface area contributed by atoms with E-state index in [9.17, 15) is 18.0 Å². The average molecular weight is 274 g/mol. The van der Waals surface area contributed by atoms with Crippen molar-refractivity contribution in [2.45, 2.75) is 26.4 Å². The lowest BCUT2D eigenvalue weighted by Crippen LogP contribution is -2.29. The highest BCUT2D eigenvalue weighted by Crippen LogP contribution is 2.34. The zero-order valence-electron chi connectivity index (χ0n) is 10.8. The summed E-state index contributed by atoms with van der Waals surface area (Å²) in [7, 11) is 0. The van der Waals surface area contributed by atoms with Crippen LogP contribution < -0.4 is 11.1 Å². The van der Waals surface area contributed by atoms with Crippen LogP contribution in [0.4, 0.5) is 18.9 Å². The van der Waals surface area contributed by atoms with Crippen LogP contribution >= 0.6 is 0 Å². The molecule has 1 rings (SSSR count). The molecular weight excluding hydrogens is 257 g/mol. The summed E-state index contributed by atoms with van der Waals surface area (Å²) in [6.07, 6.45) is -3.69. The number of carbonyl (C=O) groups is 1. The Morgan fingerprint density at radius 2 is 2.05 bits per heavy atom. The Bertz CT molecular complexity index is 458. The van der Waals surface area contributed by atoms with Gasteiger partial charge in [0, 0.05) is 6.54 Å². The van der Waals surface area contributed by atoms with Crippen LogP contribution in [0.5, 0.6) is 0 Å². The van der Waals surface area contributed by atoms with Crippen LogP contribution in [0.2, 0.25) is 0 Å². The van der Waals surface area contributed by atoms with Gasteiger partial charge in [-0.3, -0.25) is 4.79 Å². The molecule has 19 heavy (non-hydrogen) atoms. The van der Waals surface area contributed by atoms with Crippen molar-refractivity contribution in [1.82, 2.24) is 5.32 Å². The van der Waals surface area contributed by atoms with Gasteiger partial charge in [-0.2, -0.15) is 13.2 Å². The molecule has 6 heteroatoms. The van der Waals surface area contributed by atoms with E-state index in [0.29, 0.717) is 6.54 Å². The summed E-state index contributed by atoms with van der Waals surface area (Å²) in [5.41, 5.74) is 3.77. The molecule has 0 fully saturated rings. The lowest BCUT2D eigenvalue weighted by Gasteiger charge is -2.14. The number of para-hydroxylation sites is 1. The number of rotatable bonds is 4. The summed E-state index contributed by atoms with van der Waals surface area (Å²) in [6, 6.07) is 3.33. The fourth-order valence-electron chi connectivity index (χ4n) is 1.52. The van der Waals surface area contributed by atoms with Gasteiger partial charge in [-0.15, -0.1) is 0 Å². The number of carbonyl (C=O) groups excluding carboxylic acids is 1. The van der Waals surface area contributed by atoms with E-state index in [0.717, 1.165) is 12.5 Å². The molecule has 0 saturated carbocycles. The number of amides is 1. The predicted octanol–water partition coefficient (Wildman–Crippen LogP) is 3.06. The molecule has 3 nitrogen and oxygen atoms in total. The molecular formula is C13H17F3N2O. The van der Waals surface area contributed by atoms with Gasteiger partial charge in [-0.25, -0.2) is 0 Å². The third kappa shape index (κ3) is 3.87. The SMILES string of the molecule is CCC(C)CNC(=O)c1cccc(C(F)(F)F)c1N. The summed E-state index contributed by atoms with van der Waals surface area (Å²) in [4.78, 5) is 11.8. The first-order valence-corrected chi connectivity index (χ1v) is 6.01. The van der Waals surface area contributed by atoms with Crippen LogP contribution in [0.1, 0.15) is 36.2 Å². The number of benzene rings is 1. The Hall–Kier alpha value is -1.72. The van der Waals surface area contributed by atoms with Gasteiger partial charge in [0.25, 0.3) is 5.91 Å². The maximum absolute atomic E-state index is 12.6. The molecule has 3 N–H and O–H groups in total. The van der Waals surface area contributed by atoms with Gasteiger partial charge in [0.1, 0.15) is 0 Å². The Kier molecular flexibility index (Phi) is 4.80. The number of hydrogen-bond acceptors (Lipinski definition) is 2. The van der Waals surface area contributed by atoms with Crippen LogP contribution in [0.15, 0.2) is 18.2 Å². The maximum atomic E-state index is 12.6. The molecule has 0 aliphatic carbocycles. The number of halogens is 3. The topological polar surface area (TPSA) is 55.1 Å². The molecule has 1 unspecified atom stereocenters. The van der Waals surface area contributed by atoms with E-state index >= 15 is 0 Å². The molecule has 0 saturated heterocycles. The van der Waals surface area contributed by atoms with E-state index in [1.54, 1.807) is 0 Å². The van der Waals surface area contributed by atoms with Crippen molar-refractivity contribution in [2.75, 3.05) is 12.3 Å². The Morgan fingerprint density at radius 1 is 1.42 bits per heavy atom. The van der Waals surface area contributed by atoms with E-state index in [-0.39, 0.29) is 11.5 Å². The minimum Gasteiger partial charge on any atom is -0.398 e. The second-order valence-corrected chi connectivity index (χ2v) is 4.49. The molecule has 0 aromatic heterocycles. The highest BCUT2D eigenvalue weighted by Gasteiger charge is 2.34. The summed E-state index contributed by atoms with van der Waals surface area (Å²) in [6.45, 7) is 4.32. The van der Waals surface area contributed by atoms with E-state index in [2.05, 4.69) is 5.32 Å². The third-order valence-electron chi connectivity index (χ3n) is 2.96. The first-order valence-electron chi connectivity index (χ1n) is 6.01. The Labute approximate surface area is 110 Å². The normalized spacial score (nSPS) is 13.1. The van der Waals surface area contributed by atoms with E-state index < -0.39 is 23.3 Å². The van der Waals surface area contributed by atoms with Crippen LogP contribution in [0, 0.1) is 5.92 Å². The third-order valence-corrected chi connectivity index (χ3v) is 2.96. The monoisotopic (exact) mass is 274 g/mol. The summed E-state index contributed by atoms with van der Waals surface area (Å²) < 4.78 is 37.9.